The number of ether oxygens (including phenoxy) is 13. The third-order valence-electron chi connectivity index (χ3n) is 15.3. The fourth-order valence-corrected chi connectivity index (χ4v) is 10.8. The summed E-state index contributed by atoms with van der Waals surface area (Å²) in [6.45, 7) is -3.72. The van der Waals surface area contributed by atoms with Crippen molar-refractivity contribution in [3.63, 3.8) is 0 Å². The molecule has 0 aromatic rings. The lowest BCUT2D eigenvalue weighted by Crippen LogP contribution is -2.71. The van der Waals surface area contributed by atoms with E-state index in [-0.39, 0.29) is 0 Å². The molecule has 0 aromatic heterocycles. The van der Waals surface area contributed by atoms with Crippen LogP contribution in [0.2, 0.25) is 0 Å². The highest BCUT2D eigenvalue weighted by Crippen LogP contribution is 2.38. The van der Waals surface area contributed by atoms with Crippen LogP contribution >= 0.6 is 0 Å². The Hall–Kier alpha value is -2.87. The molecule has 38 heteroatoms. The summed E-state index contributed by atoms with van der Waals surface area (Å²) in [6.07, 6.45) is -61.4. The number of aliphatic hydroxyl groups is 19. The maximum absolute atomic E-state index is 12.8. The average Bonchev–Trinajstić information content (AvgIpc) is 3.52. The van der Waals surface area contributed by atoms with E-state index in [9.17, 15) is 111 Å². The molecular formula is C47H79N3O35. The van der Waals surface area contributed by atoms with Gasteiger partial charge in [0.25, 0.3) is 0 Å². The number of carbonyl (C=O) groups is 3. The van der Waals surface area contributed by atoms with Gasteiger partial charge in [0.15, 0.2) is 44.0 Å². The van der Waals surface area contributed by atoms with E-state index in [4.69, 9.17) is 61.6 Å². The number of hydrogen-bond donors (Lipinski definition) is 22. The monoisotopic (exact) mass is 1250 g/mol. The molecule has 0 aromatic carbocycles. The number of rotatable bonds is 21. The molecule has 7 aliphatic rings. The average molecular weight is 1250 g/mol. The first kappa shape index (κ1) is 69.6. The summed E-state index contributed by atoms with van der Waals surface area (Å²) >= 11 is 0. The number of carbonyl (C=O) groups excluding carboxylic acids is 3. The van der Waals surface area contributed by atoms with E-state index in [1.165, 1.54) is 0 Å². The first-order valence-corrected chi connectivity index (χ1v) is 27.0. The summed E-state index contributed by atoms with van der Waals surface area (Å²) in [5, 5.41) is 214. The van der Waals surface area contributed by atoms with Gasteiger partial charge in [0.1, 0.15) is 165 Å². The Balaban J connectivity index is 1.25. The van der Waals surface area contributed by atoms with E-state index >= 15 is 0 Å². The van der Waals surface area contributed by atoms with Crippen LogP contribution in [0.15, 0.2) is 0 Å². The van der Waals surface area contributed by atoms with Gasteiger partial charge in [-0.05, 0) is 0 Å². The van der Waals surface area contributed by atoms with Crippen molar-refractivity contribution >= 4 is 17.7 Å². The molecule has 7 heterocycles. The van der Waals surface area contributed by atoms with Gasteiger partial charge in [-0.25, -0.2) is 0 Å². The van der Waals surface area contributed by atoms with Crippen molar-refractivity contribution in [1.82, 2.24) is 16.0 Å². The molecule has 492 valence electrons. The zero-order valence-electron chi connectivity index (χ0n) is 45.6. The summed E-state index contributed by atoms with van der Waals surface area (Å²) in [4.78, 5) is 37.0. The maximum Gasteiger partial charge on any atom is 0.217 e. The SMILES string of the molecule is CC(=O)N[C@H]1[C@H](O[C@H]2[C@H](O)[C@@H](NC(C)=O)C(O)O[C@@H]2CO)O[C@H](CO)[C@@H](O[C@@H]2O[C@H](CO[C@H]3O[C@H](CO)[C@@H](O)[C@H](O)[C@@H]3O)[C@@H](O)[C@H](O[C@H]3O[C@H](CO)[C@@H](O[C@@H]4O[C@H](CO)[C@@H](O)[C@H](O)[C@H]4NC(C)=O)[C@H](O)[C@@H]3O)[C@@H]2O[C@@H]2OC[C@@H](O)[C@H](O)[C@H]2O)[C@@H]1O. The predicted octanol–water partition coefficient (Wildman–Crippen LogP) is -15.2. The number of nitrogens with one attached hydrogen (secondary N) is 3. The highest BCUT2D eigenvalue weighted by Gasteiger charge is 2.59. The van der Waals surface area contributed by atoms with Crippen molar-refractivity contribution in [2.24, 2.45) is 0 Å². The van der Waals surface area contributed by atoms with Crippen molar-refractivity contribution < 1.29 is 173 Å². The van der Waals surface area contributed by atoms with Crippen molar-refractivity contribution in [1.29, 1.82) is 0 Å². The Bertz CT molecular complexity index is 2130. The Kier molecular flexibility index (Phi) is 24.8. The second-order valence-electron chi connectivity index (χ2n) is 21.4. The lowest BCUT2D eigenvalue weighted by atomic mass is 9.93. The third kappa shape index (κ3) is 15.5. The van der Waals surface area contributed by atoms with Crippen LogP contribution in [-0.4, -0.2) is 370 Å². The maximum atomic E-state index is 12.8. The molecule has 7 fully saturated rings. The largest absolute Gasteiger partial charge is 0.394 e. The Labute approximate surface area is 481 Å². The molecule has 7 saturated heterocycles. The van der Waals surface area contributed by atoms with Crippen LogP contribution in [-0.2, 0) is 76.0 Å². The van der Waals surface area contributed by atoms with Crippen LogP contribution in [0, 0.1) is 0 Å². The van der Waals surface area contributed by atoms with Gasteiger partial charge < -0.3 is 175 Å². The second-order valence-corrected chi connectivity index (χ2v) is 21.4. The number of hydrogen-bond acceptors (Lipinski definition) is 35. The fraction of sp³-hybridized carbons (Fsp3) is 0.936. The minimum absolute atomic E-state index is 0.742. The van der Waals surface area contributed by atoms with E-state index in [1.54, 1.807) is 0 Å². The van der Waals surface area contributed by atoms with Crippen LogP contribution in [0.3, 0.4) is 0 Å². The summed E-state index contributed by atoms with van der Waals surface area (Å²) in [5.41, 5.74) is 0. The van der Waals surface area contributed by atoms with E-state index in [0.29, 0.717) is 0 Å². The van der Waals surface area contributed by atoms with Gasteiger partial charge in [-0.3, -0.25) is 14.4 Å². The smallest absolute Gasteiger partial charge is 0.217 e. The van der Waals surface area contributed by atoms with Crippen LogP contribution in [0.4, 0.5) is 0 Å². The molecule has 3 amide bonds. The zero-order chi connectivity index (χ0) is 62.6. The molecule has 1 unspecified atom stereocenters. The first-order chi connectivity index (χ1) is 40.2. The van der Waals surface area contributed by atoms with E-state index in [0.717, 1.165) is 20.8 Å². The summed E-state index contributed by atoms with van der Waals surface area (Å²) in [5.74, 6) is -2.42. The van der Waals surface area contributed by atoms with Gasteiger partial charge in [-0.15, -0.1) is 0 Å². The van der Waals surface area contributed by atoms with Crippen molar-refractivity contribution in [3.05, 3.63) is 0 Å². The molecule has 0 radical (unpaired) electrons. The lowest BCUT2D eigenvalue weighted by Gasteiger charge is -2.51. The highest BCUT2D eigenvalue weighted by molar-refractivity contribution is 5.74. The topological polar surface area (TPSA) is 592 Å². The van der Waals surface area contributed by atoms with Crippen LogP contribution in [0.1, 0.15) is 20.8 Å². The molecule has 0 bridgehead atoms. The quantitative estimate of drug-likeness (QED) is 0.0507. The fourth-order valence-electron chi connectivity index (χ4n) is 10.8. The van der Waals surface area contributed by atoms with E-state index in [2.05, 4.69) is 16.0 Å². The van der Waals surface area contributed by atoms with Gasteiger partial charge in [0.2, 0.25) is 17.7 Å². The van der Waals surface area contributed by atoms with Crippen molar-refractivity contribution in [2.45, 2.75) is 229 Å². The Morgan fingerprint density at radius 2 is 0.741 bits per heavy atom. The highest BCUT2D eigenvalue weighted by atomic mass is 16.8. The summed E-state index contributed by atoms with van der Waals surface area (Å²) < 4.78 is 76.3. The molecule has 0 aliphatic carbocycles. The third-order valence-corrected chi connectivity index (χ3v) is 15.3. The molecule has 22 N–H and O–H groups in total. The van der Waals surface area contributed by atoms with Gasteiger partial charge in [-0.2, -0.15) is 0 Å². The predicted molar refractivity (Wildman–Crippen MR) is 261 cm³/mol. The zero-order valence-corrected chi connectivity index (χ0v) is 45.6. The van der Waals surface area contributed by atoms with Gasteiger partial charge in [0.05, 0.1) is 46.2 Å². The first-order valence-electron chi connectivity index (χ1n) is 27.0. The van der Waals surface area contributed by atoms with E-state index < -0.39 is 273 Å². The molecule has 0 saturated carbocycles. The molecule has 7 aliphatic heterocycles. The van der Waals surface area contributed by atoms with Crippen LogP contribution in [0.5, 0.6) is 0 Å². The molecule has 7 rings (SSSR count). The van der Waals surface area contributed by atoms with Gasteiger partial charge in [0, 0.05) is 20.8 Å². The van der Waals surface area contributed by atoms with Gasteiger partial charge >= 0.3 is 0 Å². The minimum Gasteiger partial charge on any atom is -0.394 e. The number of aliphatic hydroxyl groups excluding tert-OH is 19. The summed E-state index contributed by atoms with van der Waals surface area (Å²) in [6, 6.07) is -5.06. The minimum atomic E-state index is -2.37. The molecule has 38 nitrogen and oxygen atoms in total. The molecule has 34 atom stereocenters. The van der Waals surface area contributed by atoms with Crippen LogP contribution < -0.4 is 16.0 Å². The van der Waals surface area contributed by atoms with Crippen molar-refractivity contribution in [2.75, 3.05) is 46.2 Å². The normalized spacial score (nSPS) is 48.9. The van der Waals surface area contributed by atoms with E-state index in [1.807, 2.05) is 0 Å². The van der Waals surface area contributed by atoms with Gasteiger partial charge in [-0.1, -0.05) is 0 Å². The van der Waals surface area contributed by atoms with Crippen LogP contribution in [0.25, 0.3) is 0 Å². The second kappa shape index (κ2) is 30.3. The summed E-state index contributed by atoms with van der Waals surface area (Å²) in [7, 11) is 0. The Morgan fingerprint density at radius 1 is 0.353 bits per heavy atom. The van der Waals surface area contributed by atoms with Crippen molar-refractivity contribution in [3.8, 4) is 0 Å². The lowest BCUT2D eigenvalue weighted by molar-refractivity contribution is -0.407. The molecule has 85 heavy (non-hydrogen) atoms. The molecular weight excluding hydrogens is 1170 g/mol. The Morgan fingerprint density at radius 3 is 1.28 bits per heavy atom. The number of amides is 3. The standard InChI is InChI=1S/C47H79N3O35/c1-11(56)48-21-29(65)36(17(6-53)75-41(21)72)81-43-23(50-13(3)58)30(66)37(18(7-54)78-43)83-47-40(85-45-33(69)24(60)14(59)9-73-45)39(27(63)20(80-47)10-74-44-34(70)31(67)26(62)16(5-52)77-44)84-46-35(71)32(68)38(19(8-55)79-46)82-42-22(49-12(2)57)28(64)25(61)15(4-51)76-42/h14-47,51-55,59-72H,4-10H2,1-3H3,(H,48,56)(H,49,57)(H,50,58)/t14-,15-,16-,17-,18-,19-,20-,21-,22-,23-,24+,25-,26-,27-,28-,29-,30-,31+,32-,33-,34+,35+,36-,37-,38-,39+,40+,41?,42+,43+,44+,45+,46-,47+/m1/s1. The molecule has 0 spiro atoms.